The van der Waals surface area contributed by atoms with Crippen LogP contribution in [0.3, 0.4) is 0 Å². The van der Waals surface area contributed by atoms with Crippen LogP contribution in [0, 0.1) is 0 Å². The fraction of sp³-hybridized carbons (Fsp3) is 0.692. The summed E-state index contributed by atoms with van der Waals surface area (Å²) in [5.74, 6) is 1.84. The zero-order valence-corrected chi connectivity index (χ0v) is 12.3. The first-order chi connectivity index (χ1) is 8.71. The van der Waals surface area contributed by atoms with E-state index in [1.807, 2.05) is 13.1 Å². The summed E-state index contributed by atoms with van der Waals surface area (Å²) in [6, 6.07) is 1.91. The third-order valence-corrected chi connectivity index (χ3v) is 3.01. The number of ether oxygens (including phenoxy) is 1. The first-order valence-electron chi connectivity index (χ1n) is 6.48. The summed E-state index contributed by atoms with van der Waals surface area (Å²) in [7, 11) is 1.82. The molecule has 6 heteroatoms. The van der Waals surface area contributed by atoms with Crippen LogP contribution in [0.25, 0.3) is 0 Å². The van der Waals surface area contributed by atoms with E-state index in [4.69, 9.17) is 10.5 Å². The van der Waals surface area contributed by atoms with Gasteiger partial charge in [-0.25, -0.2) is 0 Å². The molecule has 106 valence electrons. The number of nitrogens with one attached hydrogen (secondary N) is 1. The monoisotopic (exact) mass is 265 g/mol. The Kier molecular flexibility index (Phi) is 3.30. The molecule has 0 bridgehead atoms. The predicted octanol–water partition coefficient (Wildman–Crippen LogP) is 1.49. The first kappa shape index (κ1) is 13.9. The molecule has 1 fully saturated rings. The molecule has 19 heavy (non-hydrogen) atoms. The van der Waals surface area contributed by atoms with E-state index in [9.17, 15) is 0 Å². The van der Waals surface area contributed by atoms with Crippen molar-refractivity contribution in [3.05, 3.63) is 6.07 Å². The van der Waals surface area contributed by atoms with Gasteiger partial charge in [0, 0.05) is 26.2 Å². The number of anilines is 3. The van der Waals surface area contributed by atoms with Crippen molar-refractivity contribution in [2.45, 2.75) is 38.9 Å². The molecule has 2 rings (SSSR count). The molecule has 0 aliphatic carbocycles. The van der Waals surface area contributed by atoms with Crippen LogP contribution in [0.4, 0.5) is 17.6 Å². The Morgan fingerprint density at radius 3 is 2.32 bits per heavy atom. The molecule has 0 saturated carbocycles. The normalized spacial score (nSPS) is 21.2. The minimum absolute atomic E-state index is 0.221. The molecule has 6 nitrogen and oxygen atoms in total. The van der Waals surface area contributed by atoms with Gasteiger partial charge in [0.25, 0.3) is 0 Å². The molecule has 1 saturated heterocycles. The topological polar surface area (TPSA) is 76.3 Å². The SMILES string of the molecule is CNc1cc(N2CC(C)(C)OC(C)(C)C2)nc(N)n1. The third-order valence-electron chi connectivity index (χ3n) is 3.01. The van der Waals surface area contributed by atoms with Crippen molar-refractivity contribution in [1.82, 2.24) is 9.97 Å². The van der Waals surface area contributed by atoms with Crippen molar-refractivity contribution in [3.8, 4) is 0 Å². The average Bonchev–Trinajstić information content (AvgIpc) is 2.24. The molecule has 0 amide bonds. The van der Waals surface area contributed by atoms with Crippen molar-refractivity contribution in [2.24, 2.45) is 0 Å². The maximum atomic E-state index is 6.07. The van der Waals surface area contributed by atoms with E-state index >= 15 is 0 Å². The van der Waals surface area contributed by atoms with Gasteiger partial charge in [0.05, 0.1) is 11.2 Å². The van der Waals surface area contributed by atoms with Crippen LogP contribution in [0.5, 0.6) is 0 Å². The minimum Gasteiger partial charge on any atom is -0.373 e. The maximum Gasteiger partial charge on any atom is 0.223 e. The minimum atomic E-state index is -0.221. The Labute approximate surface area is 114 Å². The average molecular weight is 265 g/mol. The van der Waals surface area contributed by atoms with Gasteiger partial charge in [0.15, 0.2) is 0 Å². The van der Waals surface area contributed by atoms with Crippen LogP contribution in [0.1, 0.15) is 27.7 Å². The number of nitrogens with zero attached hydrogens (tertiary/aromatic N) is 3. The largest absolute Gasteiger partial charge is 0.373 e. The van der Waals surface area contributed by atoms with Crippen molar-refractivity contribution in [1.29, 1.82) is 0 Å². The second-order valence-electron chi connectivity index (χ2n) is 6.20. The van der Waals surface area contributed by atoms with Gasteiger partial charge in [0.2, 0.25) is 5.95 Å². The van der Waals surface area contributed by atoms with E-state index in [1.54, 1.807) is 0 Å². The Balaban J connectivity index is 2.33. The first-order valence-corrected chi connectivity index (χ1v) is 6.48. The quantitative estimate of drug-likeness (QED) is 0.844. The smallest absolute Gasteiger partial charge is 0.223 e. The molecule has 1 aliphatic rings. The molecular formula is C13H23N5O. The van der Waals surface area contributed by atoms with Crippen LogP contribution >= 0.6 is 0 Å². The summed E-state index contributed by atoms with van der Waals surface area (Å²) < 4.78 is 6.07. The second kappa shape index (κ2) is 4.52. The van der Waals surface area contributed by atoms with Gasteiger partial charge in [0.1, 0.15) is 11.6 Å². The number of morpholine rings is 1. The van der Waals surface area contributed by atoms with Crippen molar-refractivity contribution >= 4 is 17.6 Å². The van der Waals surface area contributed by atoms with E-state index < -0.39 is 0 Å². The van der Waals surface area contributed by atoms with Gasteiger partial charge in [-0.3, -0.25) is 0 Å². The van der Waals surface area contributed by atoms with Crippen LogP contribution < -0.4 is 16.0 Å². The lowest BCUT2D eigenvalue weighted by molar-refractivity contribution is -0.133. The van der Waals surface area contributed by atoms with Crippen LogP contribution in [0.2, 0.25) is 0 Å². The molecule has 1 aromatic rings. The summed E-state index contributed by atoms with van der Waals surface area (Å²) in [5.41, 5.74) is 5.31. The highest BCUT2D eigenvalue weighted by Gasteiger charge is 2.38. The summed E-state index contributed by atoms with van der Waals surface area (Å²) in [4.78, 5) is 10.6. The molecule has 2 heterocycles. The highest BCUT2D eigenvalue weighted by Crippen LogP contribution is 2.31. The standard InChI is InChI=1S/C13H23N5O/c1-12(2)7-18(8-13(3,4)19-12)10-6-9(15-5)16-11(14)17-10/h6H,7-8H2,1-5H3,(H3,14,15,16,17). The Morgan fingerprint density at radius 2 is 1.79 bits per heavy atom. The third kappa shape index (κ3) is 3.26. The number of rotatable bonds is 2. The van der Waals surface area contributed by atoms with Crippen LogP contribution in [-0.2, 0) is 4.74 Å². The van der Waals surface area contributed by atoms with E-state index in [2.05, 4.69) is 47.9 Å². The fourth-order valence-electron chi connectivity index (χ4n) is 2.69. The summed E-state index contributed by atoms with van der Waals surface area (Å²) in [6.07, 6.45) is 0. The number of hydrogen-bond donors (Lipinski definition) is 2. The van der Waals surface area contributed by atoms with Gasteiger partial charge in [-0.2, -0.15) is 9.97 Å². The van der Waals surface area contributed by atoms with Gasteiger partial charge in [-0.1, -0.05) is 0 Å². The maximum absolute atomic E-state index is 6.07. The van der Waals surface area contributed by atoms with Crippen molar-refractivity contribution in [3.63, 3.8) is 0 Å². The molecule has 1 aliphatic heterocycles. The van der Waals surface area contributed by atoms with E-state index in [0.717, 1.165) is 24.7 Å². The Hall–Kier alpha value is -1.56. The highest BCUT2D eigenvalue weighted by atomic mass is 16.5. The van der Waals surface area contributed by atoms with Crippen molar-refractivity contribution in [2.75, 3.05) is 36.1 Å². The lowest BCUT2D eigenvalue weighted by atomic mass is 9.99. The highest BCUT2D eigenvalue weighted by molar-refractivity contribution is 5.53. The predicted molar refractivity (Wildman–Crippen MR) is 77.4 cm³/mol. The van der Waals surface area contributed by atoms with Crippen molar-refractivity contribution < 1.29 is 4.74 Å². The zero-order valence-electron chi connectivity index (χ0n) is 12.3. The molecule has 0 aromatic carbocycles. The molecule has 1 aromatic heterocycles. The van der Waals surface area contributed by atoms with E-state index in [0.29, 0.717) is 0 Å². The number of hydrogen-bond acceptors (Lipinski definition) is 6. The summed E-state index contributed by atoms with van der Waals surface area (Å²) in [6.45, 7) is 9.90. The van der Waals surface area contributed by atoms with Gasteiger partial charge >= 0.3 is 0 Å². The number of aromatic nitrogens is 2. The lowest BCUT2D eigenvalue weighted by Crippen LogP contribution is -2.57. The molecule has 0 radical (unpaired) electrons. The molecule has 0 unspecified atom stereocenters. The molecular weight excluding hydrogens is 242 g/mol. The molecule has 0 spiro atoms. The zero-order chi connectivity index (χ0) is 14.3. The fourth-order valence-corrected chi connectivity index (χ4v) is 2.69. The second-order valence-corrected chi connectivity index (χ2v) is 6.20. The molecule has 0 atom stereocenters. The van der Waals surface area contributed by atoms with Crippen LogP contribution in [0.15, 0.2) is 6.07 Å². The van der Waals surface area contributed by atoms with Gasteiger partial charge in [-0.15, -0.1) is 0 Å². The summed E-state index contributed by atoms with van der Waals surface area (Å²) in [5, 5.41) is 3.00. The van der Waals surface area contributed by atoms with Gasteiger partial charge in [-0.05, 0) is 27.7 Å². The lowest BCUT2D eigenvalue weighted by Gasteiger charge is -2.47. The van der Waals surface area contributed by atoms with E-state index in [-0.39, 0.29) is 17.2 Å². The Morgan fingerprint density at radius 1 is 1.21 bits per heavy atom. The van der Waals surface area contributed by atoms with Crippen LogP contribution in [-0.4, -0.2) is 41.3 Å². The summed E-state index contributed by atoms with van der Waals surface area (Å²) >= 11 is 0. The van der Waals surface area contributed by atoms with Gasteiger partial charge < -0.3 is 20.7 Å². The van der Waals surface area contributed by atoms with E-state index in [1.165, 1.54) is 0 Å². The molecule has 3 N–H and O–H groups in total. The number of nitrogens with two attached hydrogens (primary N) is 1. The number of nitrogen functional groups attached to an aromatic ring is 1. The Bertz CT molecular complexity index is 456.